The Bertz CT molecular complexity index is 909. The second-order valence-electron chi connectivity index (χ2n) is 9.80. The largest absolute Gasteiger partial charge is 0.461 e. The molecule has 1 saturated heterocycles. The van der Waals surface area contributed by atoms with Gasteiger partial charge in [0.15, 0.2) is 6.10 Å². The maximum absolute atomic E-state index is 12.7. The highest BCUT2D eigenvalue weighted by atomic mass is 16.7. The predicted molar refractivity (Wildman–Crippen MR) is 116 cm³/mol. The summed E-state index contributed by atoms with van der Waals surface area (Å²) in [6.45, 7) is 9.81. The van der Waals surface area contributed by atoms with E-state index < -0.39 is 47.4 Å². The third-order valence-electron chi connectivity index (χ3n) is 5.64. The molecule has 0 bridgehead atoms. The van der Waals surface area contributed by atoms with Gasteiger partial charge < -0.3 is 28.4 Å². The van der Waals surface area contributed by atoms with E-state index in [9.17, 15) is 19.2 Å². The fourth-order valence-corrected chi connectivity index (χ4v) is 4.25. The smallest absolute Gasteiger partial charge is 0.312 e. The lowest BCUT2D eigenvalue weighted by atomic mass is 9.85. The van der Waals surface area contributed by atoms with Crippen molar-refractivity contribution in [3.63, 3.8) is 0 Å². The van der Waals surface area contributed by atoms with E-state index in [1.807, 2.05) is 13.8 Å². The molecule has 0 N–H and O–H groups in total. The summed E-state index contributed by atoms with van der Waals surface area (Å²) < 4.78 is 33.1. The Morgan fingerprint density at radius 3 is 2.35 bits per heavy atom. The number of hydrogen-bond acceptors (Lipinski definition) is 10. The fraction of sp³-hybridized carbons (Fsp3) is 0.667. The molecule has 1 fully saturated rings. The Labute approximate surface area is 198 Å². The van der Waals surface area contributed by atoms with Gasteiger partial charge in [0.25, 0.3) is 6.29 Å². The first-order chi connectivity index (χ1) is 15.8. The minimum Gasteiger partial charge on any atom is -0.461 e. The molecule has 0 aromatic heterocycles. The standard InChI is InChI=1S/C24H32O10/c1-13(2)7-19(27)32-18-8-17-16(10-29-14(3)25)11-30-22(21(17)24(18)12-31-24)33-20(28)9-23(5,6)34-15(4)26/h8,11,13,18,21-22H,7,9-10,12H2,1-6H3/t18-,21+,22-,24+/m1/s1. The van der Waals surface area contributed by atoms with E-state index in [1.165, 1.54) is 20.1 Å². The lowest BCUT2D eigenvalue weighted by Crippen LogP contribution is -2.45. The van der Waals surface area contributed by atoms with Gasteiger partial charge >= 0.3 is 23.9 Å². The highest BCUT2D eigenvalue weighted by Crippen LogP contribution is 2.54. The van der Waals surface area contributed by atoms with Crippen molar-refractivity contribution in [1.82, 2.24) is 0 Å². The van der Waals surface area contributed by atoms with Gasteiger partial charge in [-0.3, -0.25) is 19.2 Å². The van der Waals surface area contributed by atoms with Crippen LogP contribution < -0.4 is 0 Å². The molecule has 0 saturated carbocycles. The number of fused-ring (bicyclic) bond motifs is 2. The summed E-state index contributed by atoms with van der Waals surface area (Å²) in [5.74, 6) is -2.45. The van der Waals surface area contributed by atoms with Gasteiger partial charge in [-0.25, -0.2) is 0 Å². The number of hydrogen-bond donors (Lipinski definition) is 0. The minimum absolute atomic E-state index is 0.0550. The average Bonchev–Trinajstić information content (AvgIpc) is 3.39. The molecule has 4 atom stereocenters. The highest BCUT2D eigenvalue weighted by Gasteiger charge is 2.68. The zero-order valence-electron chi connectivity index (χ0n) is 20.4. The summed E-state index contributed by atoms with van der Waals surface area (Å²) in [6.07, 6.45) is 1.40. The molecular formula is C24H32O10. The van der Waals surface area contributed by atoms with Crippen molar-refractivity contribution in [2.45, 2.75) is 78.0 Å². The summed E-state index contributed by atoms with van der Waals surface area (Å²) in [4.78, 5) is 47.7. The van der Waals surface area contributed by atoms with Gasteiger partial charge in [-0.05, 0) is 31.4 Å². The van der Waals surface area contributed by atoms with Gasteiger partial charge in [0, 0.05) is 25.8 Å². The van der Waals surface area contributed by atoms with Gasteiger partial charge in [0.05, 0.1) is 25.2 Å². The van der Waals surface area contributed by atoms with Crippen LogP contribution in [0, 0.1) is 11.8 Å². The van der Waals surface area contributed by atoms with Crippen molar-refractivity contribution in [3.05, 3.63) is 23.5 Å². The second-order valence-corrected chi connectivity index (χ2v) is 9.80. The van der Waals surface area contributed by atoms with Crippen LogP contribution in [-0.4, -0.2) is 60.7 Å². The summed E-state index contributed by atoms with van der Waals surface area (Å²) in [6, 6.07) is 0. The molecule has 2 heterocycles. The van der Waals surface area contributed by atoms with Crippen molar-refractivity contribution in [3.8, 4) is 0 Å². The quantitative estimate of drug-likeness (QED) is 0.276. The summed E-state index contributed by atoms with van der Waals surface area (Å²) in [5.41, 5.74) is -0.770. The van der Waals surface area contributed by atoms with Gasteiger partial charge in [-0.1, -0.05) is 13.8 Å². The average molecular weight is 481 g/mol. The molecule has 1 aliphatic carbocycles. The van der Waals surface area contributed by atoms with E-state index in [0.717, 1.165) is 0 Å². The Morgan fingerprint density at radius 2 is 1.79 bits per heavy atom. The number of ether oxygens (including phenoxy) is 6. The zero-order valence-corrected chi connectivity index (χ0v) is 20.4. The summed E-state index contributed by atoms with van der Waals surface area (Å²) in [7, 11) is 0. The Balaban J connectivity index is 1.81. The summed E-state index contributed by atoms with van der Waals surface area (Å²) in [5, 5.41) is 0. The van der Waals surface area contributed by atoms with Gasteiger partial charge in [0.1, 0.15) is 17.8 Å². The lowest BCUT2D eigenvalue weighted by Gasteiger charge is -2.34. The number of epoxide rings is 1. The molecule has 0 aromatic rings. The predicted octanol–water partition coefficient (Wildman–Crippen LogP) is 2.35. The van der Waals surface area contributed by atoms with E-state index in [2.05, 4.69) is 0 Å². The molecule has 188 valence electrons. The van der Waals surface area contributed by atoms with Crippen LogP contribution in [0.25, 0.3) is 0 Å². The van der Waals surface area contributed by atoms with E-state index >= 15 is 0 Å². The van der Waals surface area contributed by atoms with Crippen LogP contribution in [0.15, 0.2) is 23.5 Å². The minimum atomic E-state index is -1.07. The highest BCUT2D eigenvalue weighted by molar-refractivity contribution is 5.73. The monoisotopic (exact) mass is 480 g/mol. The Kier molecular flexibility index (Phi) is 7.40. The van der Waals surface area contributed by atoms with Crippen LogP contribution in [0.4, 0.5) is 0 Å². The molecule has 10 nitrogen and oxygen atoms in total. The molecule has 2 aliphatic heterocycles. The zero-order chi connectivity index (χ0) is 25.3. The van der Waals surface area contributed by atoms with Crippen LogP contribution in [0.5, 0.6) is 0 Å². The molecule has 0 aromatic carbocycles. The first-order valence-electron chi connectivity index (χ1n) is 11.3. The van der Waals surface area contributed by atoms with Crippen LogP contribution in [-0.2, 0) is 47.6 Å². The first kappa shape index (κ1) is 25.7. The van der Waals surface area contributed by atoms with E-state index in [-0.39, 0.29) is 37.9 Å². The Morgan fingerprint density at radius 1 is 1.12 bits per heavy atom. The SMILES string of the molecule is CC(=O)OCC1=CO[C@H](OC(=O)CC(C)(C)OC(C)=O)[C@@H]2C1=C[C@@H](OC(=O)CC(C)C)[C@@]21CO1. The molecule has 10 heteroatoms. The van der Waals surface area contributed by atoms with E-state index in [1.54, 1.807) is 19.9 Å². The van der Waals surface area contributed by atoms with E-state index in [0.29, 0.717) is 11.1 Å². The molecule has 1 spiro atoms. The molecule has 3 rings (SSSR count). The topological polar surface area (TPSA) is 127 Å². The molecular weight excluding hydrogens is 448 g/mol. The maximum Gasteiger partial charge on any atom is 0.312 e. The van der Waals surface area contributed by atoms with Crippen LogP contribution in [0.1, 0.15) is 54.4 Å². The van der Waals surface area contributed by atoms with E-state index in [4.69, 9.17) is 28.4 Å². The van der Waals surface area contributed by atoms with Crippen LogP contribution in [0.3, 0.4) is 0 Å². The van der Waals surface area contributed by atoms with Gasteiger partial charge in [-0.15, -0.1) is 0 Å². The fourth-order valence-electron chi connectivity index (χ4n) is 4.25. The lowest BCUT2D eigenvalue weighted by molar-refractivity contribution is -0.190. The number of carbonyl (C=O) groups is 4. The Hall–Kier alpha value is -2.88. The second kappa shape index (κ2) is 9.77. The molecule has 3 aliphatic rings. The van der Waals surface area contributed by atoms with Crippen molar-refractivity contribution >= 4 is 23.9 Å². The van der Waals surface area contributed by atoms with Gasteiger partial charge in [0.2, 0.25) is 0 Å². The third-order valence-corrected chi connectivity index (χ3v) is 5.64. The van der Waals surface area contributed by atoms with Crippen LogP contribution in [0.2, 0.25) is 0 Å². The number of carbonyl (C=O) groups excluding carboxylic acids is 4. The van der Waals surface area contributed by atoms with Crippen molar-refractivity contribution in [1.29, 1.82) is 0 Å². The maximum atomic E-state index is 12.7. The third kappa shape index (κ3) is 5.97. The molecule has 0 radical (unpaired) electrons. The first-order valence-corrected chi connectivity index (χ1v) is 11.3. The van der Waals surface area contributed by atoms with Crippen molar-refractivity contribution in [2.75, 3.05) is 13.2 Å². The molecule has 34 heavy (non-hydrogen) atoms. The van der Waals surface area contributed by atoms with Gasteiger partial charge in [-0.2, -0.15) is 0 Å². The van der Waals surface area contributed by atoms with Crippen LogP contribution >= 0.6 is 0 Å². The number of esters is 4. The normalized spacial score (nSPS) is 27.2. The van der Waals surface area contributed by atoms with Crippen molar-refractivity contribution < 1.29 is 47.6 Å². The summed E-state index contributed by atoms with van der Waals surface area (Å²) >= 11 is 0. The molecule has 0 unspecified atom stereocenters. The molecule has 0 amide bonds. The number of rotatable bonds is 9. The van der Waals surface area contributed by atoms with Crippen molar-refractivity contribution in [2.24, 2.45) is 11.8 Å².